The summed E-state index contributed by atoms with van der Waals surface area (Å²) in [5.41, 5.74) is 0. The number of carbonyl (C=O) groups is 3. The molecule has 0 amide bonds. The molecule has 0 aromatic carbocycles. The van der Waals surface area contributed by atoms with Crippen molar-refractivity contribution >= 4 is 17.9 Å². The lowest BCUT2D eigenvalue weighted by Crippen LogP contribution is -2.30. The Bertz CT molecular complexity index is 1360. The van der Waals surface area contributed by atoms with Crippen molar-refractivity contribution in [3.63, 3.8) is 0 Å². The molecule has 1 atom stereocenters. The first kappa shape index (κ1) is 73.1. The Kier molecular flexibility index (Phi) is 62.2. The Morgan fingerprint density at radius 2 is 0.539 bits per heavy atom. The molecule has 442 valence electrons. The second-order valence-electron chi connectivity index (χ2n) is 22.4. The summed E-state index contributed by atoms with van der Waals surface area (Å²) in [5, 5.41) is 0. The molecule has 1 unspecified atom stereocenters. The van der Waals surface area contributed by atoms with Crippen LogP contribution in [-0.4, -0.2) is 37.2 Å². The highest BCUT2D eigenvalue weighted by Gasteiger charge is 2.19. The van der Waals surface area contributed by atoms with Gasteiger partial charge >= 0.3 is 17.9 Å². The summed E-state index contributed by atoms with van der Waals surface area (Å²) < 4.78 is 16.9. The van der Waals surface area contributed by atoms with E-state index in [1.807, 2.05) is 0 Å². The molecule has 0 aliphatic carbocycles. The molecule has 0 aliphatic rings. The van der Waals surface area contributed by atoms with E-state index in [4.69, 9.17) is 14.2 Å². The minimum atomic E-state index is -0.789. The molecule has 6 heteroatoms. The summed E-state index contributed by atoms with van der Waals surface area (Å²) in [7, 11) is 0. The van der Waals surface area contributed by atoms with Crippen LogP contribution in [0.5, 0.6) is 0 Å². The van der Waals surface area contributed by atoms with Crippen molar-refractivity contribution in [3.05, 3.63) is 60.8 Å². The van der Waals surface area contributed by atoms with Gasteiger partial charge in [0.05, 0.1) is 0 Å². The topological polar surface area (TPSA) is 78.9 Å². The van der Waals surface area contributed by atoms with E-state index in [2.05, 4.69) is 81.5 Å². The Labute approximate surface area is 472 Å². The van der Waals surface area contributed by atoms with Crippen molar-refractivity contribution in [2.24, 2.45) is 0 Å². The van der Waals surface area contributed by atoms with E-state index < -0.39 is 6.10 Å². The number of hydrogen-bond donors (Lipinski definition) is 0. The van der Waals surface area contributed by atoms with Gasteiger partial charge in [0.1, 0.15) is 13.2 Å². The highest BCUT2D eigenvalue weighted by Crippen LogP contribution is 2.18. The van der Waals surface area contributed by atoms with Crippen molar-refractivity contribution in [2.45, 2.75) is 354 Å². The fourth-order valence-corrected chi connectivity index (χ4v) is 9.79. The molecular weight excluding hydrogens is 937 g/mol. The van der Waals surface area contributed by atoms with Gasteiger partial charge in [0.2, 0.25) is 0 Å². The van der Waals surface area contributed by atoms with Gasteiger partial charge in [0.15, 0.2) is 6.10 Å². The van der Waals surface area contributed by atoms with Gasteiger partial charge in [0.25, 0.3) is 0 Å². The maximum absolute atomic E-state index is 12.9. The minimum Gasteiger partial charge on any atom is -0.462 e. The minimum absolute atomic E-state index is 0.0843. The predicted molar refractivity (Wildman–Crippen MR) is 330 cm³/mol. The SMILES string of the molecule is CC/C=C\C/C=C\C/C=C\C/C=C\CCCCCCC(=O)OC(COC(=O)CCCCCCC/C=C\CCC)COC(=O)CCCCCCCCCCCCCCCCCCCCCCCCCCCCCCCCC. The Morgan fingerprint density at radius 1 is 0.276 bits per heavy atom. The molecule has 0 bridgehead atoms. The molecule has 0 N–H and O–H groups in total. The summed E-state index contributed by atoms with van der Waals surface area (Å²) >= 11 is 0. The number of carbonyl (C=O) groups excluding carboxylic acids is 3. The number of allylic oxidation sites excluding steroid dienone is 10. The molecule has 0 fully saturated rings. The van der Waals surface area contributed by atoms with Crippen LogP contribution in [0.25, 0.3) is 0 Å². The van der Waals surface area contributed by atoms with Crippen LogP contribution in [0.2, 0.25) is 0 Å². The quantitative estimate of drug-likeness (QED) is 0.0261. The van der Waals surface area contributed by atoms with Gasteiger partial charge in [-0.3, -0.25) is 14.4 Å². The zero-order chi connectivity index (χ0) is 55.0. The lowest BCUT2D eigenvalue weighted by Gasteiger charge is -2.18. The van der Waals surface area contributed by atoms with E-state index in [1.165, 1.54) is 199 Å². The number of rotatable bonds is 61. The number of esters is 3. The third-order valence-electron chi connectivity index (χ3n) is 14.7. The van der Waals surface area contributed by atoms with E-state index in [-0.39, 0.29) is 31.1 Å². The summed E-state index contributed by atoms with van der Waals surface area (Å²) in [4.78, 5) is 38.2. The largest absolute Gasteiger partial charge is 0.462 e. The van der Waals surface area contributed by atoms with Gasteiger partial charge in [0, 0.05) is 19.3 Å². The first-order chi connectivity index (χ1) is 37.5. The van der Waals surface area contributed by atoms with Gasteiger partial charge in [-0.1, -0.05) is 313 Å². The van der Waals surface area contributed by atoms with Crippen molar-refractivity contribution in [3.8, 4) is 0 Å². The van der Waals surface area contributed by atoms with Crippen molar-refractivity contribution in [2.75, 3.05) is 13.2 Å². The van der Waals surface area contributed by atoms with Crippen LogP contribution in [0.15, 0.2) is 60.8 Å². The standard InChI is InChI=1S/C70H126O6/c1-4-7-10-13-16-19-22-24-26-28-29-30-31-32-33-34-35-36-37-38-39-40-41-43-44-46-48-51-54-57-60-63-69(72)75-66-67(65-74-68(71)62-59-56-53-50-21-18-15-12-9-6-3)76-70(73)64-61-58-55-52-49-47-45-42-27-25-23-20-17-14-11-8-5-2/h8,11-12,15,17,20,25,27,45,47,67H,4-7,9-10,13-14,16,18-19,21-24,26,28-44,46,48-66H2,1-3H3/b11-8-,15-12-,20-17-,27-25-,47-45-. The molecule has 0 aromatic heterocycles. The maximum Gasteiger partial charge on any atom is 0.306 e. The third kappa shape index (κ3) is 62.0. The Balaban J connectivity index is 4.10. The Morgan fingerprint density at radius 3 is 0.868 bits per heavy atom. The van der Waals surface area contributed by atoms with Crippen molar-refractivity contribution in [1.29, 1.82) is 0 Å². The van der Waals surface area contributed by atoms with E-state index in [1.54, 1.807) is 0 Å². The summed E-state index contributed by atoms with van der Waals surface area (Å²) in [6, 6.07) is 0. The number of hydrogen-bond acceptors (Lipinski definition) is 6. The molecule has 0 aliphatic heterocycles. The van der Waals surface area contributed by atoms with Crippen molar-refractivity contribution in [1.82, 2.24) is 0 Å². The van der Waals surface area contributed by atoms with E-state index >= 15 is 0 Å². The molecule has 0 spiro atoms. The van der Waals surface area contributed by atoms with Crippen LogP contribution in [0.3, 0.4) is 0 Å². The van der Waals surface area contributed by atoms with Crippen LogP contribution in [0, 0.1) is 0 Å². The Hall–Kier alpha value is -2.89. The van der Waals surface area contributed by atoms with E-state index in [9.17, 15) is 14.4 Å². The average molecular weight is 1060 g/mol. The molecular formula is C70H126O6. The van der Waals surface area contributed by atoms with Crippen LogP contribution in [-0.2, 0) is 28.6 Å². The van der Waals surface area contributed by atoms with Gasteiger partial charge < -0.3 is 14.2 Å². The smallest absolute Gasteiger partial charge is 0.306 e. The normalized spacial score (nSPS) is 12.4. The summed E-state index contributed by atoms with van der Waals surface area (Å²) in [5.74, 6) is -0.905. The van der Waals surface area contributed by atoms with Gasteiger partial charge in [-0.2, -0.15) is 0 Å². The van der Waals surface area contributed by atoms with Crippen LogP contribution >= 0.6 is 0 Å². The molecule has 0 saturated heterocycles. The summed E-state index contributed by atoms with van der Waals surface area (Å²) in [6.45, 7) is 6.48. The monoisotopic (exact) mass is 1060 g/mol. The first-order valence-electron chi connectivity index (χ1n) is 33.3. The lowest BCUT2D eigenvalue weighted by atomic mass is 10.0. The maximum atomic E-state index is 12.9. The molecule has 0 radical (unpaired) electrons. The molecule has 6 nitrogen and oxygen atoms in total. The fourth-order valence-electron chi connectivity index (χ4n) is 9.79. The van der Waals surface area contributed by atoms with E-state index in [0.717, 1.165) is 109 Å². The molecule has 0 rings (SSSR count). The second kappa shape index (κ2) is 64.6. The first-order valence-corrected chi connectivity index (χ1v) is 33.3. The van der Waals surface area contributed by atoms with Gasteiger partial charge in [-0.25, -0.2) is 0 Å². The molecule has 0 saturated carbocycles. The molecule has 0 aromatic rings. The molecule has 76 heavy (non-hydrogen) atoms. The average Bonchev–Trinajstić information content (AvgIpc) is 3.42. The van der Waals surface area contributed by atoms with E-state index in [0.29, 0.717) is 19.3 Å². The zero-order valence-electron chi connectivity index (χ0n) is 50.8. The zero-order valence-corrected chi connectivity index (χ0v) is 50.8. The van der Waals surface area contributed by atoms with Crippen LogP contribution < -0.4 is 0 Å². The van der Waals surface area contributed by atoms with Gasteiger partial charge in [-0.15, -0.1) is 0 Å². The fraction of sp³-hybridized carbons (Fsp3) is 0.814. The van der Waals surface area contributed by atoms with Crippen molar-refractivity contribution < 1.29 is 28.6 Å². The number of unbranched alkanes of at least 4 members (excludes halogenated alkanes) is 40. The highest BCUT2D eigenvalue weighted by molar-refractivity contribution is 5.71. The predicted octanol–water partition coefficient (Wildman–Crippen LogP) is 22.7. The number of ether oxygens (including phenoxy) is 3. The highest BCUT2D eigenvalue weighted by atomic mass is 16.6. The van der Waals surface area contributed by atoms with Crippen LogP contribution in [0.1, 0.15) is 348 Å². The van der Waals surface area contributed by atoms with Gasteiger partial charge in [-0.05, 0) is 77.0 Å². The lowest BCUT2D eigenvalue weighted by molar-refractivity contribution is -0.167. The second-order valence-corrected chi connectivity index (χ2v) is 22.4. The molecule has 0 heterocycles. The third-order valence-corrected chi connectivity index (χ3v) is 14.7. The van der Waals surface area contributed by atoms with Crippen LogP contribution in [0.4, 0.5) is 0 Å². The summed E-state index contributed by atoms with van der Waals surface area (Å²) in [6.07, 6.45) is 82.7.